The molecule has 5 rings (SSSR count). The van der Waals surface area contributed by atoms with E-state index >= 15 is 0 Å². The largest absolute Gasteiger partial charge is 0.454 e. The number of benzene rings is 1. The van der Waals surface area contributed by atoms with Gasteiger partial charge in [0.2, 0.25) is 12.7 Å². The van der Waals surface area contributed by atoms with E-state index in [9.17, 15) is 9.59 Å². The molecule has 3 aliphatic heterocycles. The lowest BCUT2D eigenvalue weighted by atomic mass is 9.66. The summed E-state index contributed by atoms with van der Waals surface area (Å²) in [5, 5.41) is 0. The van der Waals surface area contributed by atoms with Crippen molar-refractivity contribution in [3.05, 3.63) is 23.3 Å². The summed E-state index contributed by atoms with van der Waals surface area (Å²) in [7, 11) is 0. The minimum absolute atomic E-state index is 0.197. The molecule has 0 aromatic heterocycles. The summed E-state index contributed by atoms with van der Waals surface area (Å²) < 4.78 is 11.0. The van der Waals surface area contributed by atoms with E-state index in [0.29, 0.717) is 25.8 Å². The molecule has 114 valence electrons. The molecule has 0 unspecified atom stereocenters. The highest BCUT2D eigenvalue weighted by Gasteiger charge is 2.58. The van der Waals surface area contributed by atoms with Crippen LogP contribution in [0.25, 0.3) is 0 Å². The number of amides is 1. The van der Waals surface area contributed by atoms with Crippen LogP contribution in [0.15, 0.2) is 12.1 Å². The average Bonchev–Trinajstić information content (AvgIpc) is 3.06. The van der Waals surface area contributed by atoms with E-state index in [-0.39, 0.29) is 24.4 Å². The predicted molar refractivity (Wildman–Crippen MR) is 76.6 cm³/mol. The number of nitrogens with zero attached hydrogens (tertiary/aromatic N) is 1. The molecule has 5 nitrogen and oxygen atoms in total. The third-order valence-electron chi connectivity index (χ3n) is 5.79. The number of ketones is 1. The monoisotopic (exact) mass is 299 g/mol. The van der Waals surface area contributed by atoms with Gasteiger partial charge in [0.05, 0.1) is 5.54 Å². The summed E-state index contributed by atoms with van der Waals surface area (Å²) in [6.45, 7) is 0.950. The Bertz CT molecular complexity index is 713. The number of fused-ring (bicyclic) bond motifs is 2. The minimum atomic E-state index is -0.430. The molecule has 5 heteroatoms. The van der Waals surface area contributed by atoms with Gasteiger partial charge in [0.25, 0.3) is 0 Å². The zero-order chi connectivity index (χ0) is 14.9. The molecule has 1 saturated carbocycles. The van der Waals surface area contributed by atoms with E-state index in [1.54, 1.807) is 0 Å². The number of hydrogen-bond acceptors (Lipinski definition) is 4. The van der Waals surface area contributed by atoms with Crippen molar-refractivity contribution in [1.29, 1.82) is 0 Å². The Kier molecular flexibility index (Phi) is 2.29. The number of hydrogen-bond donors (Lipinski definition) is 0. The van der Waals surface area contributed by atoms with Crippen LogP contribution in [0, 0.1) is 5.92 Å². The Labute approximate surface area is 128 Å². The molecule has 1 spiro atoms. The molecular weight excluding hydrogens is 282 g/mol. The molecule has 0 N–H and O–H groups in total. The van der Waals surface area contributed by atoms with Gasteiger partial charge in [-0.1, -0.05) is 0 Å². The van der Waals surface area contributed by atoms with Gasteiger partial charge >= 0.3 is 0 Å². The van der Waals surface area contributed by atoms with E-state index < -0.39 is 5.54 Å². The van der Waals surface area contributed by atoms with Crippen molar-refractivity contribution in [2.45, 2.75) is 37.6 Å². The van der Waals surface area contributed by atoms with Crippen molar-refractivity contribution in [3.63, 3.8) is 0 Å². The van der Waals surface area contributed by atoms with Crippen molar-refractivity contribution >= 4 is 11.7 Å². The highest BCUT2D eigenvalue weighted by Crippen LogP contribution is 2.55. The van der Waals surface area contributed by atoms with E-state index in [2.05, 4.69) is 0 Å². The second-order valence-electron chi connectivity index (χ2n) is 6.74. The number of rotatable bonds is 0. The molecular formula is C17H17NO4. The van der Waals surface area contributed by atoms with Crippen molar-refractivity contribution in [1.82, 2.24) is 4.90 Å². The number of Topliss-reactive ketones (excluding diaryl/α,β-unsaturated/α-hetero) is 1. The normalized spacial score (nSPS) is 31.8. The second-order valence-corrected chi connectivity index (χ2v) is 6.74. The van der Waals surface area contributed by atoms with Crippen molar-refractivity contribution in [2.24, 2.45) is 5.92 Å². The summed E-state index contributed by atoms with van der Waals surface area (Å²) in [5.41, 5.74) is 1.89. The lowest BCUT2D eigenvalue weighted by molar-refractivity contribution is -0.135. The molecule has 1 aliphatic carbocycles. The highest BCUT2D eigenvalue weighted by atomic mass is 16.7. The SMILES string of the molecule is O=C1CC[C@H]2CC(=O)N3CCc4cc5c(cc4[C@]23C1)OCO5. The van der Waals surface area contributed by atoms with Crippen LogP contribution in [0.3, 0.4) is 0 Å². The van der Waals surface area contributed by atoms with Crippen LogP contribution in [0.5, 0.6) is 11.5 Å². The van der Waals surface area contributed by atoms with Crippen molar-refractivity contribution in [2.75, 3.05) is 13.3 Å². The van der Waals surface area contributed by atoms with E-state index in [4.69, 9.17) is 9.47 Å². The number of ether oxygens (including phenoxy) is 2. The maximum atomic E-state index is 12.5. The topological polar surface area (TPSA) is 55.8 Å². The van der Waals surface area contributed by atoms with Gasteiger partial charge in [-0.25, -0.2) is 0 Å². The Hall–Kier alpha value is -2.04. The fraction of sp³-hybridized carbons (Fsp3) is 0.529. The number of carbonyl (C=O) groups excluding carboxylic acids is 2. The van der Waals surface area contributed by atoms with Crippen molar-refractivity contribution in [3.8, 4) is 11.5 Å². The molecule has 1 amide bonds. The average molecular weight is 299 g/mol. The Balaban J connectivity index is 1.74. The summed E-state index contributed by atoms with van der Waals surface area (Å²) in [6.07, 6.45) is 3.26. The van der Waals surface area contributed by atoms with Gasteiger partial charge in [-0.15, -0.1) is 0 Å². The molecule has 3 heterocycles. The van der Waals surface area contributed by atoms with E-state index in [0.717, 1.165) is 29.9 Å². The first-order valence-electron chi connectivity index (χ1n) is 7.93. The number of carbonyl (C=O) groups is 2. The zero-order valence-electron chi connectivity index (χ0n) is 12.3. The van der Waals surface area contributed by atoms with E-state index in [1.807, 2.05) is 17.0 Å². The van der Waals surface area contributed by atoms with Gasteiger partial charge in [0.15, 0.2) is 11.5 Å². The maximum absolute atomic E-state index is 12.5. The molecule has 1 saturated heterocycles. The van der Waals surface area contributed by atoms with Gasteiger partial charge in [-0.2, -0.15) is 0 Å². The third-order valence-corrected chi connectivity index (χ3v) is 5.79. The Morgan fingerprint density at radius 1 is 1.14 bits per heavy atom. The Morgan fingerprint density at radius 2 is 1.95 bits per heavy atom. The van der Waals surface area contributed by atoms with Crippen LogP contribution in [-0.4, -0.2) is 29.9 Å². The fourth-order valence-electron chi connectivity index (χ4n) is 4.85. The van der Waals surface area contributed by atoms with Crippen molar-refractivity contribution < 1.29 is 19.1 Å². The summed E-state index contributed by atoms with van der Waals surface area (Å²) in [5.74, 6) is 2.24. The van der Waals surface area contributed by atoms with Gasteiger partial charge in [0.1, 0.15) is 5.78 Å². The smallest absolute Gasteiger partial charge is 0.231 e. The molecule has 1 aromatic rings. The molecule has 4 aliphatic rings. The van der Waals surface area contributed by atoms with Gasteiger partial charge in [-0.3, -0.25) is 9.59 Å². The van der Waals surface area contributed by atoms with Crippen LogP contribution in [0.2, 0.25) is 0 Å². The molecule has 1 aromatic carbocycles. The zero-order valence-corrected chi connectivity index (χ0v) is 12.3. The summed E-state index contributed by atoms with van der Waals surface area (Å²) in [6, 6.07) is 4.07. The highest BCUT2D eigenvalue weighted by molar-refractivity contribution is 5.88. The van der Waals surface area contributed by atoms with E-state index in [1.165, 1.54) is 5.56 Å². The molecule has 22 heavy (non-hydrogen) atoms. The van der Waals surface area contributed by atoms with Crippen LogP contribution in [0.1, 0.15) is 36.8 Å². The molecule has 2 fully saturated rings. The van der Waals surface area contributed by atoms with Gasteiger partial charge < -0.3 is 14.4 Å². The molecule has 0 bridgehead atoms. The minimum Gasteiger partial charge on any atom is -0.454 e. The lowest BCUT2D eigenvalue weighted by Crippen LogP contribution is -2.53. The predicted octanol–water partition coefficient (Wildman–Crippen LogP) is 1.77. The Morgan fingerprint density at radius 3 is 2.82 bits per heavy atom. The van der Waals surface area contributed by atoms with Crippen LogP contribution in [0.4, 0.5) is 0 Å². The lowest BCUT2D eigenvalue weighted by Gasteiger charge is -2.48. The maximum Gasteiger partial charge on any atom is 0.231 e. The first kappa shape index (κ1) is 12.5. The van der Waals surface area contributed by atoms with Gasteiger partial charge in [0, 0.05) is 25.8 Å². The fourth-order valence-corrected chi connectivity index (χ4v) is 4.85. The third kappa shape index (κ3) is 1.39. The van der Waals surface area contributed by atoms with Crippen LogP contribution < -0.4 is 9.47 Å². The van der Waals surface area contributed by atoms with Gasteiger partial charge in [-0.05, 0) is 42.0 Å². The first-order valence-corrected chi connectivity index (χ1v) is 7.93. The molecule has 2 atom stereocenters. The first-order chi connectivity index (χ1) is 10.7. The van der Waals surface area contributed by atoms with Crippen LogP contribution >= 0.6 is 0 Å². The second kappa shape index (κ2) is 4.03. The molecule has 0 radical (unpaired) electrons. The summed E-state index contributed by atoms with van der Waals surface area (Å²) >= 11 is 0. The summed E-state index contributed by atoms with van der Waals surface area (Å²) in [4.78, 5) is 26.7. The standard InChI is InChI=1S/C17H17NO4/c19-12-2-1-11-6-16(20)18-4-3-10-5-14-15(22-9-21-14)7-13(10)17(11,18)8-12/h5,7,11H,1-4,6,8-9H2/t11-,17-/m0/s1. The van der Waals surface area contributed by atoms with Crippen LogP contribution in [-0.2, 0) is 21.5 Å². The quantitative estimate of drug-likeness (QED) is 0.732.